The highest BCUT2D eigenvalue weighted by Gasteiger charge is 2.30. The summed E-state index contributed by atoms with van der Waals surface area (Å²) in [5, 5.41) is 6.63. The fraction of sp³-hybridized carbons (Fsp3) is 0.533. The van der Waals surface area contributed by atoms with Crippen molar-refractivity contribution in [1.82, 2.24) is 15.5 Å². The minimum absolute atomic E-state index is 0.00763. The summed E-state index contributed by atoms with van der Waals surface area (Å²) >= 11 is 0. The monoisotopic (exact) mass is 259 g/mol. The molecule has 2 heterocycles. The second-order valence-electron chi connectivity index (χ2n) is 5.40. The molecule has 2 saturated heterocycles. The molecular weight excluding hydrogens is 238 g/mol. The number of rotatable bonds is 2. The number of nitrogens with one attached hydrogen (secondary N) is 2. The molecular formula is C15H21N3O. The van der Waals surface area contributed by atoms with Gasteiger partial charge >= 0.3 is 0 Å². The van der Waals surface area contributed by atoms with Gasteiger partial charge in [-0.1, -0.05) is 36.8 Å². The Balaban J connectivity index is 1.71. The number of piperidine rings is 1. The number of carbonyl (C=O) groups excluding carboxylic acids is 1. The summed E-state index contributed by atoms with van der Waals surface area (Å²) < 4.78 is 0. The van der Waals surface area contributed by atoms with Gasteiger partial charge in [0, 0.05) is 25.6 Å². The highest BCUT2D eigenvalue weighted by Crippen LogP contribution is 2.21. The van der Waals surface area contributed by atoms with Crippen LogP contribution in [-0.4, -0.2) is 30.2 Å². The maximum Gasteiger partial charge on any atom is 0.224 e. The zero-order chi connectivity index (χ0) is 13.1. The van der Waals surface area contributed by atoms with Crippen molar-refractivity contribution < 1.29 is 4.79 Å². The van der Waals surface area contributed by atoms with Crippen LogP contribution < -0.4 is 10.6 Å². The van der Waals surface area contributed by atoms with E-state index in [0.717, 1.165) is 13.1 Å². The summed E-state index contributed by atoms with van der Waals surface area (Å²) in [6.45, 7) is 2.14. The van der Waals surface area contributed by atoms with E-state index in [9.17, 15) is 4.79 Å². The Labute approximate surface area is 114 Å². The number of amides is 1. The molecule has 1 aromatic carbocycles. The van der Waals surface area contributed by atoms with Crippen LogP contribution in [0, 0.1) is 0 Å². The van der Waals surface area contributed by atoms with Gasteiger partial charge in [0.25, 0.3) is 0 Å². The zero-order valence-electron chi connectivity index (χ0n) is 11.1. The van der Waals surface area contributed by atoms with Gasteiger partial charge in [-0.2, -0.15) is 0 Å². The van der Waals surface area contributed by atoms with Gasteiger partial charge in [0.05, 0.1) is 0 Å². The van der Waals surface area contributed by atoms with E-state index in [2.05, 4.69) is 27.7 Å². The Bertz CT molecular complexity index is 428. The van der Waals surface area contributed by atoms with Gasteiger partial charge in [0.2, 0.25) is 5.91 Å². The lowest BCUT2D eigenvalue weighted by Crippen LogP contribution is -2.62. The largest absolute Gasteiger partial charge is 0.328 e. The van der Waals surface area contributed by atoms with Crippen molar-refractivity contribution in [1.29, 1.82) is 0 Å². The van der Waals surface area contributed by atoms with Gasteiger partial charge in [-0.25, -0.2) is 0 Å². The molecule has 0 aromatic heterocycles. The number of hydrogen-bond acceptors (Lipinski definition) is 3. The Morgan fingerprint density at radius 1 is 1.05 bits per heavy atom. The number of carbonyl (C=O) groups is 1. The molecule has 4 heteroatoms. The average Bonchev–Trinajstić information content (AvgIpc) is 2.48. The summed E-state index contributed by atoms with van der Waals surface area (Å²) in [7, 11) is 0. The Morgan fingerprint density at radius 3 is 2.53 bits per heavy atom. The number of nitrogens with zero attached hydrogens (tertiary/aromatic N) is 1. The fourth-order valence-electron chi connectivity index (χ4n) is 2.96. The van der Waals surface area contributed by atoms with Gasteiger partial charge < -0.3 is 5.32 Å². The molecule has 102 valence electrons. The number of benzene rings is 1. The molecule has 2 aliphatic heterocycles. The Hall–Kier alpha value is -1.39. The predicted molar refractivity (Wildman–Crippen MR) is 74.3 cm³/mol. The van der Waals surface area contributed by atoms with Crippen LogP contribution in [-0.2, 0) is 4.79 Å². The molecule has 0 radical (unpaired) electrons. The molecule has 1 aromatic rings. The van der Waals surface area contributed by atoms with Crippen molar-refractivity contribution in [3.05, 3.63) is 35.9 Å². The average molecular weight is 259 g/mol. The predicted octanol–water partition coefficient (Wildman–Crippen LogP) is 1.61. The summed E-state index contributed by atoms with van der Waals surface area (Å²) in [6.07, 6.45) is 4.27. The van der Waals surface area contributed by atoms with E-state index < -0.39 is 0 Å². The fourth-order valence-corrected chi connectivity index (χ4v) is 2.96. The highest BCUT2D eigenvalue weighted by atomic mass is 16.2. The van der Waals surface area contributed by atoms with Crippen LogP contribution in [0.25, 0.3) is 0 Å². The molecule has 0 aliphatic carbocycles. The SMILES string of the molecule is O=C1CC(c2ccccc2)NC(N2CCCCC2)N1. The third-order valence-corrected chi connectivity index (χ3v) is 4.00. The van der Waals surface area contributed by atoms with Crippen LogP contribution >= 0.6 is 0 Å². The van der Waals surface area contributed by atoms with E-state index in [0.29, 0.717) is 6.42 Å². The van der Waals surface area contributed by atoms with Gasteiger partial charge in [-0.05, 0) is 18.4 Å². The summed E-state index contributed by atoms with van der Waals surface area (Å²) in [5.74, 6) is 0.142. The van der Waals surface area contributed by atoms with Crippen LogP contribution in [0.3, 0.4) is 0 Å². The van der Waals surface area contributed by atoms with Crippen molar-refractivity contribution in [3.8, 4) is 0 Å². The van der Waals surface area contributed by atoms with E-state index >= 15 is 0 Å². The number of likely N-dealkylation sites (tertiary alicyclic amines) is 1. The maximum atomic E-state index is 11.9. The third-order valence-electron chi connectivity index (χ3n) is 4.00. The second kappa shape index (κ2) is 5.72. The normalized spacial score (nSPS) is 28.9. The lowest BCUT2D eigenvalue weighted by Gasteiger charge is -2.40. The smallest absolute Gasteiger partial charge is 0.224 e. The molecule has 3 rings (SSSR count). The minimum atomic E-state index is -0.00763. The molecule has 4 nitrogen and oxygen atoms in total. The van der Waals surface area contributed by atoms with Gasteiger partial charge in [0.1, 0.15) is 6.29 Å². The summed E-state index contributed by atoms with van der Waals surface area (Å²) in [5.41, 5.74) is 1.19. The van der Waals surface area contributed by atoms with Crippen LogP contribution in [0.1, 0.15) is 37.3 Å². The first-order valence-electron chi connectivity index (χ1n) is 7.17. The Kier molecular flexibility index (Phi) is 3.80. The van der Waals surface area contributed by atoms with Crippen molar-refractivity contribution in [3.63, 3.8) is 0 Å². The third kappa shape index (κ3) is 2.96. The van der Waals surface area contributed by atoms with Crippen LogP contribution in [0.5, 0.6) is 0 Å². The molecule has 2 fully saturated rings. The van der Waals surface area contributed by atoms with Crippen molar-refractivity contribution in [2.24, 2.45) is 0 Å². The maximum absolute atomic E-state index is 11.9. The molecule has 0 saturated carbocycles. The summed E-state index contributed by atoms with van der Waals surface area (Å²) in [4.78, 5) is 14.3. The standard InChI is InChI=1S/C15H21N3O/c19-14-11-13(12-7-3-1-4-8-12)16-15(17-14)18-9-5-2-6-10-18/h1,3-4,7-8,13,15-16H,2,5-6,9-11H2,(H,17,19). The molecule has 1 amide bonds. The van der Waals surface area contributed by atoms with E-state index in [1.54, 1.807) is 0 Å². The molecule has 2 unspecified atom stereocenters. The van der Waals surface area contributed by atoms with E-state index in [-0.39, 0.29) is 18.2 Å². The second-order valence-corrected chi connectivity index (χ2v) is 5.40. The summed E-state index contributed by atoms with van der Waals surface area (Å²) in [6, 6.07) is 10.4. The lowest BCUT2D eigenvalue weighted by atomic mass is 10.0. The van der Waals surface area contributed by atoms with Crippen LogP contribution in [0.2, 0.25) is 0 Å². The molecule has 0 bridgehead atoms. The first-order chi connectivity index (χ1) is 9.33. The lowest BCUT2D eigenvalue weighted by molar-refractivity contribution is -0.127. The van der Waals surface area contributed by atoms with E-state index in [1.807, 2.05) is 18.2 Å². The van der Waals surface area contributed by atoms with Crippen molar-refractivity contribution in [2.45, 2.75) is 38.0 Å². The zero-order valence-corrected chi connectivity index (χ0v) is 11.1. The molecule has 2 N–H and O–H groups in total. The van der Waals surface area contributed by atoms with Crippen molar-refractivity contribution >= 4 is 5.91 Å². The quantitative estimate of drug-likeness (QED) is 0.848. The van der Waals surface area contributed by atoms with Gasteiger partial charge in [0.15, 0.2) is 0 Å². The first-order valence-corrected chi connectivity index (χ1v) is 7.17. The topological polar surface area (TPSA) is 44.4 Å². The van der Waals surface area contributed by atoms with E-state index in [1.165, 1.54) is 24.8 Å². The van der Waals surface area contributed by atoms with E-state index in [4.69, 9.17) is 0 Å². The Morgan fingerprint density at radius 2 is 1.79 bits per heavy atom. The molecule has 19 heavy (non-hydrogen) atoms. The van der Waals surface area contributed by atoms with Crippen molar-refractivity contribution in [2.75, 3.05) is 13.1 Å². The first kappa shape index (κ1) is 12.6. The van der Waals surface area contributed by atoms with Crippen LogP contribution in [0.4, 0.5) is 0 Å². The van der Waals surface area contributed by atoms with Gasteiger partial charge in [-0.3, -0.25) is 15.0 Å². The molecule has 0 spiro atoms. The molecule has 2 aliphatic rings. The molecule has 2 atom stereocenters. The highest BCUT2D eigenvalue weighted by molar-refractivity contribution is 5.78. The number of hydrogen-bond donors (Lipinski definition) is 2. The van der Waals surface area contributed by atoms with Gasteiger partial charge in [-0.15, -0.1) is 0 Å². The minimum Gasteiger partial charge on any atom is -0.328 e. The van der Waals surface area contributed by atoms with Crippen LogP contribution in [0.15, 0.2) is 30.3 Å².